The first-order valence-electron chi connectivity index (χ1n) is 8.04. The van der Waals surface area contributed by atoms with Crippen LogP contribution in [-0.2, 0) is 4.79 Å². The molecule has 21 heavy (non-hydrogen) atoms. The zero-order valence-electron chi connectivity index (χ0n) is 13.8. The van der Waals surface area contributed by atoms with Crippen LogP contribution in [-0.4, -0.2) is 23.4 Å². The molecule has 1 aromatic heterocycles. The molecule has 4 atom stereocenters. The largest absolute Gasteiger partial charge is 0.321 e. The lowest BCUT2D eigenvalue weighted by Crippen LogP contribution is -2.37. The molecule has 3 nitrogen and oxygen atoms in total. The molecule has 0 aromatic carbocycles. The minimum atomic E-state index is -0.0423. The summed E-state index contributed by atoms with van der Waals surface area (Å²) < 4.78 is 0. The maximum atomic E-state index is 12.8. The van der Waals surface area contributed by atoms with Crippen LogP contribution in [0.25, 0.3) is 0 Å². The standard InChI is InChI=1S/C17H28N2OS/c1-6-12(4)15-17(20)19(9-13(5)11(2)3)16(18-15)14-7-8-21-10-14/h7-8,10-13,15-16,18H,6,9H2,1-5H3. The zero-order valence-corrected chi connectivity index (χ0v) is 14.6. The molecule has 1 amide bonds. The lowest BCUT2D eigenvalue weighted by molar-refractivity contribution is -0.131. The Kier molecular flexibility index (Phi) is 5.44. The highest BCUT2D eigenvalue weighted by atomic mass is 32.1. The van der Waals surface area contributed by atoms with Gasteiger partial charge in [0.2, 0.25) is 5.91 Å². The molecule has 1 N–H and O–H groups in total. The highest BCUT2D eigenvalue weighted by Crippen LogP contribution is 2.31. The second-order valence-electron chi connectivity index (χ2n) is 6.70. The number of nitrogens with zero attached hydrogens (tertiary/aromatic N) is 1. The van der Waals surface area contributed by atoms with Gasteiger partial charge in [-0.15, -0.1) is 0 Å². The summed E-state index contributed by atoms with van der Waals surface area (Å²) in [6.45, 7) is 11.8. The van der Waals surface area contributed by atoms with Gasteiger partial charge in [0, 0.05) is 6.54 Å². The normalized spacial score (nSPS) is 25.6. The van der Waals surface area contributed by atoms with Gasteiger partial charge in [0.25, 0.3) is 0 Å². The van der Waals surface area contributed by atoms with Crippen molar-refractivity contribution in [2.24, 2.45) is 17.8 Å². The predicted octanol–water partition coefficient (Wildman–Crippen LogP) is 3.89. The van der Waals surface area contributed by atoms with Crippen molar-refractivity contribution in [3.8, 4) is 0 Å². The van der Waals surface area contributed by atoms with Gasteiger partial charge in [-0.25, -0.2) is 0 Å². The van der Waals surface area contributed by atoms with Crippen LogP contribution in [0.15, 0.2) is 16.8 Å². The van der Waals surface area contributed by atoms with E-state index in [1.54, 1.807) is 11.3 Å². The summed E-state index contributed by atoms with van der Waals surface area (Å²) in [4.78, 5) is 14.9. The molecular weight excluding hydrogens is 280 g/mol. The monoisotopic (exact) mass is 308 g/mol. The highest BCUT2D eigenvalue weighted by Gasteiger charge is 2.42. The number of thiophene rings is 1. The van der Waals surface area contributed by atoms with E-state index in [4.69, 9.17) is 0 Å². The minimum absolute atomic E-state index is 0.0423. The summed E-state index contributed by atoms with van der Waals surface area (Å²) in [6, 6.07) is 2.08. The summed E-state index contributed by atoms with van der Waals surface area (Å²) in [5.74, 6) is 1.74. The molecule has 0 aliphatic carbocycles. The summed E-state index contributed by atoms with van der Waals surface area (Å²) in [5.41, 5.74) is 1.22. The molecular formula is C17H28N2OS. The van der Waals surface area contributed by atoms with Crippen LogP contribution in [0.4, 0.5) is 0 Å². The molecule has 1 aromatic rings. The lowest BCUT2D eigenvalue weighted by Gasteiger charge is -2.28. The van der Waals surface area contributed by atoms with E-state index >= 15 is 0 Å². The average Bonchev–Trinajstić information content (AvgIpc) is 3.07. The number of rotatable bonds is 6. The second-order valence-corrected chi connectivity index (χ2v) is 7.48. The maximum Gasteiger partial charge on any atom is 0.241 e. The van der Waals surface area contributed by atoms with Gasteiger partial charge in [-0.05, 0) is 40.1 Å². The molecule has 118 valence electrons. The number of hydrogen-bond acceptors (Lipinski definition) is 3. The van der Waals surface area contributed by atoms with Gasteiger partial charge in [0.05, 0.1) is 6.04 Å². The molecule has 1 fully saturated rings. The Morgan fingerprint density at radius 3 is 2.57 bits per heavy atom. The van der Waals surface area contributed by atoms with Gasteiger partial charge in [-0.3, -0.25) is 10.1 Å². The molecule has 2 rings (SSSR count). The van der Waals surface area contributed by atoms with Gasteiger partial charge in [0.15, 0.2) is 0 Å². The van der Waals surface area contributed by atoms with Gasteiger partial charge in [-0.2, -0.15) is 11.3 Å². The van der Waals surface area contributed by atoms with Crippen molar-refractivity contribution in [2.45, 2.75) is 53.2 Å². The summed E-state index contributed by atoms with van der Waals surface area (Å²) >= 11 is 1.69. The van der Waals surface area contributed by atoms with E-state index in [1.807, 2.05) is 0 Å². The van der Waals surface area contributed by atoms with Crippen LogP contribution in [0.3, 0.4) is 0 Å². The summed E-state index contributed by atoms with van der Waals surface area (Å²) in [7, 11) is 0. The zero-order chi connectivity index (χ0) is 15.6. The third-order valence-electron chi connectivity index (χ3n) is 4.89. The topological polar surface area (TPSA) is 32.3 Å². The van der Waals surface area contributed by atoms with E-state index in [1.165, 1.54) is 5.56 Å². The van der Waals surface area contributed by atoms with E-state index in [0.717, 1.165) is 13.0 Å². The predicted molar refractivity (Wildman–Crippen MR) is 89.2 cm³/mol. The first-order chi connectivity index (χ1) is 9.95. The Labute approximate surface area is 132 Å². The van der Waals surface area contributed by atoms with E-state index < -0.39 is 0 Å². The summed E-state index contributed by atoms with van der Waals surface area (Å²) in [6.07, 6.45) is 1.07. The third kappa shape index (κ3) is 3.49. The number of nitrogens with one attached hydrogen (secondary N) is 1. The Balaban J connectivity index is 2.22. The fraction of sp³-hybridized carbons (Fsp3) is 0.706. The Bertz CT molecular complexity index is 457. The van der Waals surface area contributed by atoms with Crippen LogP contribution in [0, 0.1) is 17.8 Å². The van der Waals surface area contributed by atoms with Crippen LogP contribution in [0.1, 0.15) is 52.8 Å². The van der Waals surface area contributed by atoms with Crippen molar-refractivity contribution >= 4 is 17.2 Å². The molecule has 1 saturated heterocycles. The van der Waals surface area contributed by atoms with E-state index in [-0.39, 0.29) is 18.1 Å². The van der Waals surface area contributed by atoms with E-state index in [0.29, 0.717) is 17.8 Å². The Morgan fingerprint density at radius 1 is 1.33 bits per heavy atom. The Hall–Kier alpha value is -0.870. The fourth-order valence-corrected chi connectivity index (χ4v) is 3.38. The SMILES string of the molecule is CCC(C)C1NC(c2ccsc2)N(CC(C)C(C)C)C1=O. The highest BCUT2D eigenvalue weighted by molar-refractivity contribution is 7.07. The maximum absolute atomic E-state index is 12.8. The first kappa shape index (κ1) is 16.5. The van der Waals surface area contributed by atoms with E-state index in [9.17, 15) is 4.79 Å². The van der Waals surface area contributed by atoms with Crippen molar-refractivity contribution in [3.63, 3.8) is 0 Å². The third-order valence-corrected chi connectivity index (χ3v) is 5.59. The molecule has 1 aliphatic heterocycles. The molecule has 0 saturated carbocycles. The molecule has 0 radical (unpaired) electrons. The number of carbonyl (C=O) groups excluding carboxylic acids is 1. The average molecular weight is 308 g/mol. The van der Waals surface area contributed by atoms with Crippen molar-refractivity contribution < 1.29 is 4.79 Å². The molecule has 2 heterocycles. The van der Waals surface area contributed by atoms with Crippen molar-refractivity contribution in [3.05, 3.63) is 22.4 Å². The molecule has 1 aliphatic rings. The molecule has 0 bridgehead atoms. The van der Waals surface area contributed by atoms with Crippen LogP contribution < -0.4 is 5.32 Å². The first-order valence-corrected chi connectivity index (χ1v) is 8.98. The summed E-state index contributed by atoms with van der Waals surface area (Å²) in [5, 5.41) is 7.81. The smallest absolute Gasteiger partial charge is 0.241 e. The quantitative estimate of drug-likeness (QED) is 0.865. The lowest BCUT2D eigenvalue weighted by atomic mass is 9.96. The molecule has 0 spiro atoms. The number of amides is 1. The van der Waals surface area contributed by atoms with Crippen molar-refractivity contribution in [1.29, 1.82) is 0 Å². The van der Waals surface area contributed by atoms with Gasteiger partial charge in [-0.1, -0.05) is 41.0 Å². The number of carbonyl (C=O) groups is 1. The minimum Gasteiger partial charge on any atom is -0.321 e. The Morgan fingerprint density at radius 2 is 2.05 bits per heavy atom. The van der Waals surface area contributed by atoms with Crippen LogP contribution >= 0.6 is 11.3 Å². The van der Waals surface area contributed by atoms with Crippen LogP contribution in [0.2, 0.25) is 0 Å². The molecule has 4 heteroatoms. The van der Waals surface area contributed by atoms with Crippen LogP contribution in [0.5, 0.6) is 0 Å². The number of hydrogen-bond donors (Lipinski definition) is 1. The van der Waals surface area contributed by atoms with Gasteiger partial charge in [0.1, 0.15) is 6.17 Å². The van der Waals surface area contributed by atoms with Gasteiger partial charge < -0.3 is 4.90 Å². The van der Waals surface area contributed by atoms with Gasteiger partial charge >= 0.3 is 0 Å². The fourth-order valence-electron chi connectivity index (χ4n) is 2.70. The second kappa shape index (κ2) is 6.93. The van der Waals surface area contributed by atoms with Crippen molar-refractivity contribution in [1.82, 2.24) is 10.2 Å². The molecule has 4 unspecified atom stereocenters. The van der Waals surface area contributed by atoms with Crippen molar-refractivity contribution in [2.75, 3.05) is 6.54 Å². The van der Waals surface area contributed by atoms with E-state index in [2.05, 4.69) is 61.7 Å².